The first kappa shape index (κ1) is 35.6. The Bertz CT molecular complexity index is 1570. The molecule has 0 fully saturated rings. The maximum atomic E-state index is 13.9. The molecular weight excluding hydrogens is 599 g/mol. The molecule has 5 heteroatoms. The van der Waals surface area contributed by atoms with Gasteiger partial charge in [0.15, 0.2) is 5.76 Å². The number of hydrogen-bond acceptors (Lipinski definition) is 4. The van der Waals surface area contributed by atoms with Crippen LogP contribution in [0.25, 0.3) is 11.5 Å². The molecule has 0 atom stereocenters. The molecule has 4 rings (SSSR count). The second kappa shape index (κ2) is 18.8. The minimum Gasteiger partial charge on any atom is -0.422 e. The topological polar surface area (TPSA) is 52.6 Å². The van der Waals surface area contributed by atoms with E-state index in [0.717, 1.165) is 73.5 Å². The number of rotatable bonds is 17. The van der Waals surface area contributed by atoms with Crippen molar-refractivity contribution in [1.82, 2.24) is 0 Å². The lowest BCUT2D eigenvalue weighted by molar-refractivity contribution is 0.0679. The number of unbranched alkanes of at least 4 members (excludes halogenated alkanes) is 3. The van der Waals surface area contributed by atoms with Gasteiger partial charge >= 0.3 is 11.9 Å². The molecule has 0 radical (unpaired) electrons. The summed E-state index contributed by atoms with van der Waals surface area (Å²) in [6, 6.07) is 37.9. The van der Waals surface area contributed by atoms with Crippen molar-refractivity contribution in [3.05, 3.63) is 155 Å². The largest absolute Gasteiger partial charge is 0.422 e. The first-order chi connectivity index (χ1) is 23.0. The van der Waals surface area contributed by atoms with E-state index in [0.29, 0.717) is 22.6 Å². The fourth-order valence-corrected chi connectivity index (χ4v) is 10.9. The quantitative estimate of drug-likeness (QED) is 0.0495. The Hall–Kier alpha value is -4.27. The number of ether oxygens (including phenoxy) is 2. The van der Waals surface area contributed by atoms with Gasteiger partial charge in [0.25, 0.3) is 0 Å². The molecule has 0 aliphatic heterocycles. The van der Waals surface area contributed by atoms with E-state index in [2.05, 4.69) is 20.8 Å². The Labute approximate surface area is 281 Å². The van der Waals surface area contributed by atoms with E-state index in [4.69, 9.17) is 9.47 Å². The third kappa shape index (κ3) is 10.1. The lowest BCUT2D eigenvalue weighted by atomic mass is 10.1. The van der Waals surface area contributed by atoms with E-state index in [9.17, 15) is 9.59 Å². The predicted octanol–water partition coefficient (Wildman–Crippen LogP) is 11.5. The maximum Gasteiger partial charge on any atom is 0.343 e. The van der Waals surface area contributed by atoms with E-state index in [-0.39, 0.29) is 0 Å². The second-order valence-corrected chi connectivity index (χ2v) is 16.0. The number of carbonyl (C=O) groups excluding carboxylic acids is 2. The van der Waals surface area contributed by atoms with Crippen LogP contribution in [0.3, 0.4) is 0 Å². The van der Waals surface area contributed by atoms with Crippen molar-refractivity contribution >= 4 is 30.7 Å². The maximum absolute atomic E-state index is 13.9. The van der Waals surface area contributed by atoms with Gasteiger partial charge in [-0.1, -0.05) is 137 Å². The van der Waals surface area contributed by atoms with Crippen LogP contribution >= 0.6 is 7.26 Å². The molecule has 0 bridgehead atoms. The molecule has 0 saturated carbocycles. The van der Waals surface area contributed by atoms with Crippen molar-refractivity contribution in [3.8, 4) is 0 Å². The van der Waals surface area contributed by atoms with Crippen molar-refractivity contribution in [2.24, 2.45) is 0 Å². The molecular formula is C42H48O4P+. The van der Waals surface area contributed by atoms with Gasteiger partial charge in [0.1, 0.15) is 11.1 Å². The van der Waals surface area contributed by atoms with Crippen molar-refractivity contribution in [1.29, 1.82) is 0 Å². The molecule has 0 N–H and O–H groups in total. The number of benzene rings is 4. The third-order valence-corrected chi connectivity index (χ3v) is 13.2. The molecule has 4 aromatic rings. The molecule has 244 valence electrons. The van der Waals surface area contributed by atoms with Crippen LogP contribution in [-0.2, 0) is 9.47 Å². The van der Waals surface area contributed by atoms with Crippen molar-refractivity contribution < 1.29 is 19.1 Å². The van der Waals surface area contributed by atoms with E-state index >= 15 is 0 Å². The van der Waals surface area contributed by atoms with Crippen LogP contribution < -0.4 is 0 Å². The van der Waals surface area contributed by atoms with Gasteiger partial charge in [0, 0.05) is 17.2 Å². The summed E-state index contributed by atoms with van der Waals surface area (Å²) in [6.07, 6.45) is 11.5. The fraction of sp³-hybridized carbons (Fsp3) is 0.286. The highest BCUT2D eigenvalue weighted by atomic mass is 31.2. The summed E-state index contributed by atoms with van der Waals surface area (Å²) in [7, 11) is -1.98. The van der Waals surface area contributed by atoms with E-state index in [1.54, 1.807) is 24.3 Å². The molecule has 0 aliphatic carbocycles. The standard InChI is InChI=1S/C42H48O4P/c1-4-7-30-47(31-8-5-2,32-9-6-3)39(40(35-24-16-11-17-25-35)46-42(44)37-28-20-13-21-29-37)33-38(34-22-14-10-15-23-34)45-41(43)36-26-18-12-19-27-36/h10-29,33H,4-9,30-32H2,1-3H3/q+1/b38-33+,40-39-. The number of allylic oxidation sites excluding steroid dienone is 2. The molecule has 4 nitrogen and oxygen atoms in total. The molecule has 4 aromatic carbocycles. The smallest absolute Gasteiger partial charge is 0.343 e. The van der Waals surface area contributed by atoms with Crippen LogP contribution in [0.5, 0.6) is 0 Å². The minimum atomic E-state index is -1.98. The van der Waals surface area contributed by atoms with Crippen LogP contribution in [0.2, 0.25) is 0 Å². The summed E-state index contributed by atoms with van der Waals surface area (Å²) in [4.78, 5) is 27.5. The van der Waals surface area contributed by atoms with Crippen LogP contribution in [0.1, 0.15) is 91.1 Å². The van der Waals surface area contributed by atoms with Crippen molar-refractivity contribution in [3.63, 3.8) is 0 Å². The normalized spacial score (nSPS) is 12.3. The van der Waals surface area contributed by atoms with Crippen molar-refractivity contribution in [2.75, 3.05) is 18.5 Å². The summed E-state index contributed by atoms with van der Waals surface area (Å²) in [5.41, 5.74) is 2.58. The fourth-order valence-electron chi connectivity index (χ4n) is 5.70. The Morgan fingerprint density at radius 3 is 1.28 bits per heavy atom. The number of carbonyl (C=O) groups is 2. The van der Waals surface area contributed by atoms with Gasteiger partial charge in [0.05, 0.1) is 36.9 Å². The zero-order valence-electron chi connectivity index (χ0n) is 28.1. The summed E-state index contributed by atoms with van der Waals surface area (Å²) in [6.45, 7) is 6.70. The highest BCUT2D eigenvalue weighted by molar-refractivity contribution is 7.80. The number of hydrogen-bond donors (Lipinski definition) is 0. The van der Waals surface area contributed by atoms with Gasteiger partial charge in [-0.15, -0.1) is 0 Å². The molecule has 0 saturated heterocycles. The van der Waals surface area contributed by atoms with Crippen LogP contribution in [0, 0.1) is 0 Å². The first-order valence-electron chi connectivity index (χ1n) is 17.0. The molecule has 47 heavy (non-hydrogen) atoms. The number of esters is 2. The minimum absolute atomic E-state index is 0.405. The molecule has 0 aromatic heterocycles. The highest BCUT2D eigenvalue weighted by Gasteiger charge is 2.43. The SMILES string of the molecule is CCCC[P+](CCCC)(CCCC)C(/C=C(/OC(=O)c1ccccc1)c1ccccc1)=C(\OC(=O)c1ccccc1)c1ccccc1. The van der Waals surface area contributed by atoms with E-state index in [1.807, 2.05) is 103 Å². The summed E-state index contributed by atoms with van der Waals surface area (Å²) >= 11 is 0. The predicted molar refractivity (Wildman–Crippen MR) is 198 cm³/mol. The Morgan fingerprint density at radius 1 is 0.511 bits per heavy atom. The second-order valence-electron chi connectivity index (χ2n) is 11.8. The first-order valence-corrected chi connectivity index (χ1v) is 19.3. The van der Waals surface area contributed by atoms with Gasteiger partial charge in [-0.05, 0) is 43.5 Å². The van der Waals surface area contributed by atoms with Crippen LogP contribution in [0.15, 0.2) is 133 Å². The Kier molecular flexibility index (Phi) is 14.2. The van der Waals surface area contributed by atoms with Gasteiger partial charge < -0.3 is 9.47 Å². The molecule has 0 unspecified atom stereocenters. The highest BCUT2D eigenvalue weighted by Crippen LogP contribution is 2.69. The molecule has 0 amide bonds. The third-order valence-electron chi connectivity index (χ3n) is 8.34. The van der Waals surface area contributed by atoms with Crippen LogP contribution in [0.4, 0.5) is 0 Å². The lowest BCUT2D eigenvalue weighted by Crippen LogP contribution is -2.15. The van der Waals surface area contributed by atoms with E-state index < -0.39 is 19.2 Å². The van der Waals surface area contributed by atoms with E-state index in [1.165, 1.54) is 0 Å². The summed E-state index contributed by atoms with van der Waals surface area (Å²) in [5.74, 6) is 0.174. The van der Waals surface area contributed by atoms with Crippen molar-refractivity contribution in [2.45, 2.75) is 59.3 Å². The lowest BCUT2D eigenvalue weighted by Gasteiger charge is -2.30. The zero-order valence-corrected chi connectivity index (χ0v) is 29.0. The molecule has 0 heterocycles. The average Bonchev–Trinajstić information content (AvgIpc) is 3.13. The molecule has 0 aliphatic rings. The summed E-state index contributed by atoms with van der Waals surface area (Å²) in [5, 5.41) is 1.00. The van der Waals surface area contributed by atoms with Gasteiger partial charge in [-0.3, -0.25) is 0 Å². The van der Waals surface area contributed by atoms with Crippen LogP contribution in [-0.4, -0.2) is 30.4 Å². The zero-order chi connectivity index (χ0) is 33.3. The Balaban J connectivity index is 2.06. The van der Waals surface area contributed by atoms with Gasteiger partial charge in [-0.25, -0.2) is 9.59 Å². The molecule has 0 spiro atoms. The Morgan fingerprint density at radius 2 is 0.872 bits per heavy atom. The van der Waals surface area contributed by atoms with Gasteiger partial charge in [-0.2, -0.15) is 0 Å². The average molecular weight is 648 g/mol. The summed E-state index contributed by atoms with van der Waals surface area (Å²) < 4.78 is 12.8. The van der Waals surface area contributed by atoms with Gasteiger partial charge in [0.2, 0.25) is 0 Å². The monoisotopic (exact) mass is 647 g/mol.